The Labute approximate surface area is 113 Å². The van der Waals surface area contributed by atoms with Crippen LogP contribution in [0.25, 0.3) is 0 Å². The lowest BCUT2D eigenvalue weighted by Crippen LogP contribution is -2.53. The predicted molar refractivity (Wildman–Crippen MR) is 73.7 cm³/mol. The van der Waals surface area contributed by atoms with Crippen molar-refractivity contribution in [2.45, 2.75) is 38.5 Å². The minimum absolute atomic E-state index is 0.0813. The molecule has 4 N–H and O–H groups in total. The maximum atomic E-state index is 11.4. The average Bonchev–Trinajstić information content (AvgIpc) is 2.38. The molecule has 2 unspecified atom stereocenters. The highest BCUT2D eigenvalue weighted by molar-refractivity contribution is 5.84. The summed E-state index contributed by atoms with van der Waals surface area (Å²) in [7, 11) is 1.69. The Morgan fingerprint density at radius 2 is 2.16 bits per heavy atom. The van der Waals surface area contributed by atoms with Gasteiger partial charge in [0.2, 0.25) is 5.91 Å². The van der Waals surface area contributed by atoms with Crippen LogP contribution in [0.5, 0.6) is 5.75 Å². The van der Waals surface area contributed by atoms with Crippen LogP contribution in [0.3, 0.4) is 0 Å². The van der Waals surface area contributed by atoms with Gasteiger partial charge in [0.25, 0.3) is 0 Å². The summed E-state index contributed by atoms with van der Waals surface area (Å²) < 4.78 is 5.78. The van der Waals surface area contributed by atoms with Crippen LogP contribution in [0.15, 0.2) is 24.3 Å². The molecule has 0 aliphatic rings. The van der Waals surface area contributed by atoms with Crippen molar-refractivity contribution in [2.24, 2.45) is 5.73 Å². The summed E-state index contributed by atoms with van der Waals surface area (Å²) in [5.41, 5.74) is 5.29. The van der Waals surface area contributed by atoms with Gasteiger partial charge in [-0.15, -0.1) is 0 Å². The maximum Gasteiger partial charge on any atom is 0.237 e. The number of amides is 1. The number of carbonyl (C=O) groups excluding carboxylic acids is 1. The van der Waals surface area contributed by atoms with Crippen LogP contribution in [0.2, 0.25) is 0 Å². The van der Waals surface area contributed by atoms with E-state index in [1.165, 1.54) is 0 Å². The van der Waals surface area contributed by atoms with E-state index in [1.807, 2.05) is 19.1 Å². The summed E-state index contributed by atoms with van der Waals surface area (Å²) in [6.07, 6.45) is 0.233. The first-order chi connectivity index (χ1) is 8.92. The first-order valence-corrected chi connectivity index (χ1v) is 6.27. The second-order valence-electron chi connectivity index (χ2n) is 4.84. The van der Waals surface area contributed by atoms with Crippen molar-refractivity contribution in [1.29, 1.82) is 0 Å². The van der Waals surface area contributed by atoms with Crippen LogP contribution in [-0.2, 0) is 11.4 Å². The number of hydrogen-bond acceptors (Lipinski definition) is 4. The van der Waals surface area contributed by atoms with Crippen molar-refractivity contribution in [3.05, 3.63) is 29.8 Å². The number of rotatable bonds is 7. The highest BCUT2D eigenvalue weighted by atomic mass is 16.5. The summed E-state index contributed by atoms with van der Waals surface area (Å²) >= 11 is 0. The molecule has 0 radical (unpaired) electrons. The molecule has 0 saturated heterocycles. The number of likely N-dealkylation sites (N-methyl/N-ethyl adjacent to an activating group) is 1. The van der Waals surface area contributed by atoms with E-state index >= 15 is 0 Å². The van der Waals surface area contributed by atoms with E-state index in [-0.39, 0.29) is 12.7 Å². The molecule has 0 heterocycles. The Morgan fingerprint density at radius 3 is 2.68 bits per heavy atom. The predicted octanol–water partition coefficient (Wildman–Crippen LogP) is 0.800. The zero-order valence-corrected chi connectivity index (χ0v) is 11.6. The van der Waals surface area contributed by atoms with Gasteiger partial charge in [-0.05, 0) is 27.0 Å². The van der Waals surface area contributed by atoms with Crippen molar-refractivity contribution < 1.29 is 14.6 Å². The summed E-state index contributed by atoms with van der Waals surface area (Å²) in [5.74, 6) is 0.210. The fourth-order valence-electron chi connectivity index (χ4n) is 1.91. The molecule has 1 aromatic rings. The number of carbonyl (C=O) groups is 1. The van der Waals surface area contributed by atoms with Gasteiger partial charge in [-0.1, -0.05) is 18.2 Å². The van der Waals surface area contributed by atoms with Crippen LogP contribution >= 0.6 is 0 Å². The highest BCUT2D eigenvalue weighted by Gasteiger charge is 2.31. The Balaban J connectivity index is 2.74. The standard InChI is InChI=1S/C14H22N2O3/c1-10(8-14(2,16-3)13(15)18)19-12-7-5-4-6-11(12)9-17/h4-7,10,16-17H,8-9H2,1-3H3,(H2,15,18). The third-order valence-electron chi connectivity index (χ3n) is 3.26. The molecule has 1 amide bonds. The molecule has 2 atom stereocenters. The Bertz CT molecular complexity index is 436. The molecule has 0 aliphatic carbocycles. The molecule has 0 bridgehead atoms. The van der Waals surface area contributed by atoms with E-state index in [9.17, 15) is 9.90 Å². The largest absolute Gasteiger partial charge is 0.490 e. The quantitative estimate of drug-likeness (QED) is 0.681. The van der Waals surface area contributed by atoms with Crippen LogP contribution in [-0.4, -0.2) is 29.7 Å². The summed E-state index contributed by atoms with van der Waals surface area (Å²) in [6.45, 7) is 3.53. The number of ether oxygens (including phenoxy) is 1. The van der Waals surface area contributed by atoms with E-state index in [4.69, 9.17) is 10.5 Å². The van der Waals surface area contributed by atoms with Gasteiger partial charge < -0.3 is 20.9 Å². The van der Waals surface area contributed by atoms with Crippen LogP contribution < -0.4 is 15.8 Å². The fourth-order valence-corrected chi connectivity index (χ4v) is 1.91. The van der Waals surface area contributed by atoms with Crippen molar-refractivity contribution in [3.63, 3.8) is 0 Å². The summed E-state index contributed by atoms with van der Waals surface area (Å²) in [5, 5.41) is 12.2. The van der Waals surface area contributed by atoms with Crippen LogP contribution in [0.4, 0.5) is 0 Å². The number of aliphatic hydroxyl groups is 1. The van der Waals surface area contributed by atoms with Crippen LogP contribution in [0.1, 0.15) is 25.8 Å². The van der Waals surface area contributed by atoms with E-state index in [0.717, 1.165) is 5.56 Å². The Hall–Kier alpha value is -1.59. The van der Waals surface area contributed by atoms with E-state index in [0.29, 0.717) is 12.2 Å². The smallest absolute Gasteiger partial charge is 0.237 e. The van der Waals surface area contributed by atoms with E-state index < -0.39 is 11.4 Å². The first-order valence-electron chi connectivity index (χ1n) is 6.27. The average molecular weight is 266 g/mol. The lowest BCUT2D eigenvalue weighted by molar-refractivity contribution is -0.124. The van der Waals surface area contributed by atoms with Gasteiger partial charge in [0.15, 0.2) is 0 Å². The second kappa shape index (κ2) is 6.54. The first kappa shape index (κ1) is 15.5. The van der Waals surface area contributed by atoms with Gasteiger partial charge in [0.05, 0.1) is 18.2 Å². The number of para-hydroxylation sites is 1. The molecule has 5 heteroatoms. The van der Waals surface area contributed by atoms with E-state index in [2.05, 4.69) is 5.32 Å². The Kier molecular flexibility index (Phi) is 5.32. The lowest BCUT2D eigenvalue weighted by Gasteiger charge is -2.29. The van der Waals surface area contributed by atoms with Crippen molar-refractivity contribution in [1.82, 2.24) is 5.32 Å². The third kappa shape index (κ3) is 3.94. The fraction of sp³-hybridized carbons (Fsp3) is 0.500. The summed E-state index contributed by atoms with van der Waals surface area (Å²) in [4.78, 5) is 11.4. The molecular weight excluding hydrogens is 244 g/mol. The molecule has 106 valence electrons. The zero-order chi connectivity index (χ0) is 14.5. The number of benzene rings is 1. The lowest BCUT2D eigenvalue weighted by atomic mass is 9.94. The van der Waals surface area contributed by atoms with Gasteiger partial charge in [0, 0.05) is 12.0 Å². The van der Waals surface area contributed by atoms with Gasteiger partial charge in [0.1, 0.15) is 5.75 Å². The minimum atomic E-state index is -0.812. The monoisotopic (exact) mass is 266 g/mol. The molecule has 0 aliphatic heterocycles. The SMILES string of the molecule is CNC(C)(CC(C)Oc1ccccc1CO)C(N)=O. The number of primary amides is 1. The molecule has 19 heavy (non-hydrogen) atoms. The highest BCUT2D eigenvalue weighted by Crippen LogP contribution is 2.22. The number of nitrogens with one attached hydrogen (secondary N) is 1. The summed E-state index contributed by atoms with van der Waals surface area (Å²) in [6, 6.07) is 7.27. The molecule has 0 fully saturated rings. The van der Waals surface area contributed by atoms with Crippen molar-refractivity contribution >= 4 is 5.91 Å². The van der Waals surface area contributed by atoms with Crippen molar-refractivity contribution in [3.8, 4) is 5.75 Å². The van der Waals surface area contributed by atoms with Crippen molar-refractivity contribution in [2.75, 3.05) is 7.05 Å². The molecule has 0 aromatic heterocycles. The van der Waals surface area contributed by atoms with Gasteiger partial charge >= 0.3 is 0 Å². The molecule has 1 rings (SSSR count). The third-order valence-corrected chi connectivity index (χ3v) is 3.26. The molecule has 0 spiro atoms. The van der Waals surface area contributed by atoms with Crippen LogP contribution in [0, 0.1) is 0 Å². The topological polar surface area (TPSA) is 84.6 Å². The normalized spacial score (nSPS) is 15.6. The maximum absolute atomic E-state index is 11.4. The van der Waals surface area contributed by atoms with Gasteiger partial charge in [-0.2, -0.15) is 0 Å². The number of aliphatic hydroxyl groups excluding tert-OH is 1. The molecule has 1 aromatic carbocycles. The molecule has 5 nitrogen and oxygen atoms in total. The number of hydrogen-bond donors (Lipinski definition) is 3. The van der Waals surface area contributed by atoms with Gasteiger partial charge in [-0.25, -0.2) is 0 Å². The zero-order valence-electron chi connectivity index (χ0n) is 11.6. The van der Waals surface area contributed by atoms with E-state index in [1.54, 1.807) is 26.1 Å². The minimum Gasteiger partial charge on any atom is -0.490 e. The molecule has 0 saturated carbocycles. The van der Waals surface area contributed by atoms with Gasteiger partial charge in [-0.3, -0.25) is 4.79 Å². The Morgan fingerprint density at radius 1 is 1.53 bits per heavy atom. The second-order valence-corrected chi connectivity index (χ2v) is 4.84. The molecular formula is C14H22N2O3. The number of nitrogens with two attached hydrogens (primary N) is 1.